The zero-order valence-corrected chi connectivity index (χ0v) is 9.75. The Labute approximate surface area is 96.0 Å². The van der Waals surface area contributed by atoms with Gasteiger partial charge in [-0.2, -0.15) is 0 Å². The molecular formula is C13H18N2O. The number of amides is 1. The normalized spacial score (nSPS) is 27.8. The Morgan fingerprint density at radius 3 is 2.69 bits per heavy atom. The molecule has 0 unspecified atom stereocenters. The Morgan fingerprint density at radius 1 is 1.31 bits per heavy atom. The van der Waals surface area contributed by atoms with Gasteiger partial charge in [-0.1, -0.05) is 24.5 Å². The Bertz CT molecular complexity index is 414. The average molecular weight is 218 g/mol. The number of hydrazine groups is 1. The molecule has 3 heteroatoms. The lowest BCUT2D eigenvalue weighted by molar-refractivity contribution is -0.130. The van der Waals surface area contributed by atoms with Gasteiger partial charge in [0.25, 0.3) is 5.91 Å². The van der Waals surface area contributed by atoms with E-state index in [0.717, 1.165) is 31.3 Å². The lowest BCUT2D eigenvalue weighted by Gasteiger charge is -2.33. The molecule has 16 heavy (non-hydrogen) atoms. The maximum atomic E-state index is 12.1. The topological polar surface area (TPSA) is 46.3 Å². The van der Waals surface area contributed by atoms with E-state index in [1.807, 2.05) is 0 Å². The van der Waals surface area contributed by atoms with E-state index in [4.69, 9.17) is 5.84 Å². The predicted octanol–water partition coefficient (Wildman–Crippen LogP) is 2.05. The smallest absolute Gasteiger partial charge is 0.264 e. The minimum Gasteiger partial charge on any atom is -0.268 e. The third-order valence-corrected chi connectivity index (χ3v) is 4.36. The largest absolute Gasteiger partial charge is 0.268 e. The molecule has 1 spiro atoms. The van der Waals surface area contributed by atoms with E-state index in [1.165, 1.54) is 29.0 Å². The summed E-state index contributed by atoms with van der Waals surface area (Å²) in [7, 11) is 0. The third kappa shape index (κ3) is 1.09. The summed E-state index contributed by atoms with van der Waals surface area (Å²) in [6, 6.07) is 0. The number of allylic oxidation sites excluding steroid dienone is 1. The molecule has 1 aliphatic heterocycles. The zero-order valence-electron chi connectivity index (χ0n) is 9.75. The number of nitrogens with zero attached hydrogens (tertiary/aromatic N) is 1. The number of nitrogens with two attached hydrogens (primary N) is 1. The maximum Gasteiger partial charge on any atom is 0.264 e. The second-order valence-electron chi connectivity index (χ2n) is 5.30. The highest BCUT2D eigenvalue weighted by atomic mass is 16.2. The monoisotopic (exact) mass is 218 g/mol. The van der Waals surface area contributed by atoms with Crippen LogP contribution in [0.15, 0.2) is 22.8 Å². The average Bonchev–Trinajstić information content (AvgIpc) is 2.83. The van der Waals surface area contributed by atoms with Crippen molar-refractivity contribution in [1.82, 2.24) is 5.01 Å². The summed E-state index contributed by atoms with van der Waals surface area (Å²) in [6.45, 7) is 2.15. The summed E-state index contributed by atoms with van der Waals surface area (Å²) in [4.78, 5) is 12.1. The molecule has 0 saturated heterocycles. The molecule has 3 rings (SSSR count). The molecule has 3 nitrogen and oxygen atoms in total. The van der Waals surface area contributed by atoms with Crippen LogP contribution in [0.25, 0.3) is 0 Å². The maximum absolute atomic E-state index is 12.1. The summed E-state index contributed by atoms with van der Waals surface area (Å²) < 4.78 is 0. The molecule has 0 aromatic carbocycles. The molecule has 0 atom stereocenters. The number of hydrogen-bond donors (Lipinski definition) is 1. The van der Waals surface area contributed by atoms with Crippen LogP contribution < -0.4 is 5.84 Å². The van der Waals surface area contributed by atoms with Gasteiger partial charge in [0.05, 0.1) is 5.54 Å². The molecule has 1 saturated carbocycles. The van der Waals surface area contributed by atoms with E-state index in [-0.39, 0.29) is 11.4 Å². The first-order chi connectivity index (χ1) is 7.65. The van der Waals surface area contributed by atoms with Crippen molar-refractivity contribution in [3.63, 3.8) is 0 Å². The van der Waals surface area contributed by atoms with Crippen molar-refractivity contribution >= 4 is 5.91 Å². The Hall–Kier alpha value is -1.09. The molecular weight excluding hydrogens is 200 g/mol. The quantitative estimate of drug-likeness (QED) is 0.499. The highest BCUT2D eigenvalue weighted by molar-refractivity contribution is 5.99. The Balaban J connectivity index is 2.13. The Morgan fingerprint density at radius 2 is 2.00 bits per heavy atom. The van der Waals surface area contributed by atoms with Crippen LogP contribution in [0.5, 0.6) is 0 Å². The number of fused-ring (bicyclic) bond motifs is 1. The van der Waals surface area contributed by atoms with Crippen LogP contribution in [0.3, 0.4) is 0 Å². The van der Waals surface area contributed by atoms with Crippen LogP contribution in [0.1, 0.15) is 45.4 Å². The molecule has 2 aliphatic carbocycles. The number of carbonyl (C=O) groups is 1. The van der Waals surface area contributed by atoms with Crippen LogP contribution >= 0.6 is 0 Å². The first-order valence-corrected chi connectivity index (χ1v) is 6.15. The molecule has 0 aromatic heterocycles. The van der Waals surface area contributed by atoms with E-state index in [1.54, 1.807) is 0 Å². The molecule has 0 bridgehead atoms. The minimum atomic E-state index is -0.145. The fourth-order valence-corrected chi connectivity index (χ4v) is 3.44. The summed E-state index contributed by atoms with van der Waals surface area (Å²) in [6.07, 6.45) is 8.56. The molecule has 0 radical (unpaired) electrons. The van der Waals surface area contributed by atoms with Gasteiger partial charge in [0.15, 0.2) is 0 Å². The van der Waals surface area contributed by atoms with E-state index in [0.29, 0.717) is 0 Å². The Kier molecular flexibility index (Phi) is 2.02. The second kappa shape index (κ2) is 3.20. The van der Waals surface area contributed by atoms with Gasteiger partial charge < -0.3 is 0 Å². The van der Waals surface area contributed by atoms with Crippen molar-refractivity contribution in [1.29, 1.82) is 0 Å². The van der Waals surface area contributed by atoms with Crippen molar-refractivity contribution < 1.29 is 4.79 Å². The molecule has 1 amide bonds. The molecule has 2 N–H and O–H groups in total. The lowest BCUT2D eigenvalue weighted by Crippen LogP contribution is -2.50. The van der Waals surface area contributed by atoms with Crippen molar-refractivity contribution in [3.8, 4) is 0 Å². The summed E-state index contributed by atoms with van der Waals surface area (Å²) in [5.41, 5.74) is 3.46. The van der Waals surface area contributed by atoms with Gasteiger partial charge in [0, 0.05) is 5.57 Å². The molecule has 3 aliphatic rings. The van der Waals surface area contributed by atoms with Crippen LogP contribution in [-0.2, 0) is 4.79 Å². The third-order valence-electron chi connectivity index (χ3n) is 4.36. The van der Waals surface area contributed by atoms with Gasteiger partial charge in [0.1, 0.15) is 0 Å². The zero-order chi connectivity index (χ0) is 11.3. The van der Waals surface area contributed by atoms with Crippen LogP contribution in [0.4, 0.5) is 0 Å². The predicted molar refractivity (Wildman–Crippen MR) is 62.2 cm³/mol. The van der Waals surface area contributed by atoms with Crippen LogP contribution in [-0.4, -0.2) is 16.5 Å². The van der Waals surface area contributed by atoms with Gasteiger partial charge in [-0.3, -0.25) is 9.80 Å². The van der Waals surface area contributed by atoms with E-state index >= 15 is 0 Å². The van der Waals surface area contributed by atoms with Crippen molar-refractivity contribution in [2.75, 3.05) is 0 Å². The molecule has 1 fully saturated rings. The van der Waals surface area contributed by atoms with Gasteiger partial charge in [0.2, 0.25) is 0 Å². The van der Waals surface area contributed by atoms with Crippen molar-refractivity contribution in [2.45, 2.75) is 51.0 Å². The number of rotatable bonds is 0. The van der Waals surface area contributed by atoms with Gasteiger partial charge in [-0.15, -0.1) is 0 Å². The molecule has 1 heterocycles. The summed E-state index contributed by atoms with van der Waals surface area (Å²) in [5.74, 6) is 6.11. The highest BCUT2D eigenvalue weighted by Crippen LogP contribution is 2.48. The van der Waals surface area contributed by atoms with Crippen molar-refractivity contribution in [2.24, 2.45) is 5.84 Å². The fraction of sp³-hybridized carbons (Fsp3) is 0.615. The van der Waals surface area contributed by atoms with Gasteiger partial charge in [-0.05, 0) is 38.2 Å². The van der Waals surface area contributed by atoms with Crippen molar-refractivity contribution in [3.05, 3.63) is 22.8 Å². The minimum absolute atomic E-state index is 0.0700. The molecule has 0 aromatic rings. The SMILES string of the molecule is CC1=CC2=C(CC1)C(=O)N(N)C21CCCC1. The summed E-state index contributed by atoms with van der Waals surface area (Å²) in [5, 5.41) is 1.53. The molecule has 86 valence electrons. The second-order valence-corrected chi connectivity index (χ2v) is 5.30. The first kappa shape index (κ1) is 10.1. The standard InChI is InChI=1S/C13H18N2O/c1-9-4-5-10-11(8-9)13(6-2-3-7-13)15(14)12(10)16/h8H,2-7,14H2,1H3. The van der Waals surface area contributed by atoms with Gasteiger partial charge >= 0.3 is 0 Å². The lowest BCUT2D eigenvalue weighted by atomic mass is 9.82. The van der Waals surface area contributed by atoms with E-state index in [9.17, 15) is 4.79 Å². The van der Waals surface area contributed by atoms with E-state index in [2.05, 4.69) is 13.0 Å². The van der Waals surface area contributed by atoms with E-state index < -0.39 is 0 Å². The van der Waals surface area contributed by atoms with Crippen LogP contribution in [0.2, 0.25) is 0 Å². The fourth-order valence-electron chi connectivity index (χ4n) is 3.44. The highest BCUT2D eigenvalue weighted by Gasteiger charge is 2.51. The van der Waals surface area contributed by atoms with Gasteiger partial charge in [-0.25, -0.2) is 5.84 Å². The van der Waals surface area contributed by atoms with Crippen LogP contribution in [0, 0.1) is 0 Å². The number of hydrogen-bond acceptors (Lipinski definition) is 2. The number of carbonyl (C=O) groups excluding carboxylic acids is 1. The first-order valence-electron chi connectivity index (χ1n) is 6.15. The summed E-state index contributed by atoms with van der Waals surface area (Å²) >= 11 is 0.